The highest BCUT2D eigenvalue weighted by molar-refractivity contribution is 5.70. The fourth-order valence-electron chi connectivity index (χ4n) is 2.94. The third kappa shape index (κ3) is 2.42. The molecule has 0 aliphatic carbocycles. The summed E-state index contributed by atoms with van der Waals surface area (Å²) in [5.41, 5.74) is 1.39. The summed E-state index contributed by atoms with van der Waals surface area (Å²) in [6.07, 6.45) is 3.68. The number of pyridine rings is 1. The molecule has 0 saturated carbocycles. The van der Waals surface area contributed by atoms with Crippen LogP contribution in [0.4, 0.5) is 0 Å². The summed E-state index contributed by atoms with van der Waals surface area (Å²) < 4.78 is 7.52. The molecule has 3 heterocycles. The van der Waals surface area contributed by atoms with Crippen molar-refractivity contribution in [2.24, 2.45) is 5.92 Å². The average molecular weight is 261 g/mol. The number of H-pyrrole nitrogens is 1. The molecule has 3 rings (SSSR count). The summed E-state index contributed by atoms with van der Waals surface area (Å²) in [4.78, 5) is 19.0. The molecule has 1 atom stereocenters. The highest BCUT2D eigenvalue weighted by Gasteiger charge is 2.29. The lowest BCUT2D eigenvalue weighted by Gasteiger charge is -2.35. The number of fused-ring (bicyclic) bond motifs is 1. The number of hydrogen-bond donors (Lipinski definition) is 1. The molecule has 0 spiro atoms. The second kappa shape index (κ2) is 4.49. The minimum atomic E-state index is -0.0864. The lowest BCUT2D eigenvalue weighted by molar-refractivity contribution is -0.0747. The van der Waals surface area contributed by atoms with Gasteiger partial charge in [0.15, 0.2) is 5.65 Å². The zero-order valence-corrected chi connectivity index (χ0v) is 11.3. The van der Waals surface area contributed by atoms with Crippen molar-refractivity contribution in [3.63, 3.8) is 0 Å². The minimum Gasteiger partial charge on any atom is -0.376 e. The van der Waals surface area contributed by atoms with Gasteiger partial charge < -0.3 is 4.74 Å². The van der Waals surface area contributed by atoms with Crippen LogP contribution in [0.2, 0.25) is 0 Å². The number of rotatable bonds is 2. The highest BCUT2D eigenvalue weighted by Crippen LogP contribution is 2.29. The van der Waals surface area contributed by atoms with Crippen LogP contribution in [0.25, 0.3) is 11.2 Å². The van der Waals surface area contributed by atoms with Crippen LogP contribution >= 0.6 is 0 Å². The summed E-state index contributed by atoms with van der Waals surface area (Å²) in [7, 11) is 0. The number of nitrogens with zero attached hydrogens (tertiary/aromatic N) is 2. The lowest BCUT2D eigenvalue weighted by Crippen LogP contribution is -2.36. The molecule has 0 radical (unpaired) electrons. The quantitative estimate of drug-likeness (QED) is 0.898. The van der Waals surface area contributed by atoms with Gasteiger partial charge in [-0.2, -0.15) is 0 Å². The molecule has 102 valence electrons. The van der Waals surface area contributed by atoms with E-state index in [2.05, 4.69) is 23.8 Å². The Morgan fingerprint density at radius 1 is 1.58 bits per heavy atom. The molecule has 0 amide bonds. The maximum atomic E-state index is 12.0. The van der Waals surface area contributed by atoms with Crippen molar-refractivity contribution in [1.29, 1.82) is 0 Å². The van der Waals surface area contributed by atoms with Crippen molar-refractivity contribution in [1.82, 2.24) is 14.5 Å². The zero-order valence-electron chi connectivity index (χ0n) is 11.3. The Balaban J connectivity index is 1.89. The van der Waals surface area contributed by atoms with Gasteiger partial charge in [-0.15, -0.1) is 0 Å². The van der Waals surface area contributed by atoms with Crippen molar-refractivity contribution >= 4 is 11.2 Å². The zero-order chi connectivity index (χ0) is 13.5. The predicted octanol–water partition coefficient (Wildman–Crippen LogP) is 1.93. The Bertz CT molecular complexity index is 641. The fraction of sp³-hybridized carbons (Fsp3) is 0.571. The van der Waals surface area contributed by atoms with Gasteiger partial charge in [0, 0.05) is 19.3 Å². The number of ether oxygens (including phenoxy) is 1. The van der Waals surface area contributed by atoms with Crippen LogP contribution in [-0.2, 0) is 11.3 Å². The first-order valence-electron chi connectivity index (χ1n) is 6.73. The van der Waals surface area contributed by atoms with E-state index < -0.39 is 0 Å². The Labute approximate surface area is 111 Å². The first-order chi connectivity index (χ1) is 9.05. The van der Waals surface area contributed by atoms with E-state index >= 15 is 0 Å². The summed E-state index contributed by atoms with van der Waals surface area (Å²) >= 11 is 0. The molecule has 1 N–H and O–H groups in total. The largest absolute Gasteiger partial charge is 0.376 e. The molecule has 1 aliphatic rings. The van der Waals surface area contributed by atoms with Crippen LogP contribution in [0.3, 0.4) is 0 Å². The van der Waals surface area contributed by atoms with E-state index in [0.29, 0.717) is 11.6 Å². The molecule has 2 aromatic rings. The number of imidazole rings is 1. The first kappa shape index (κ1) is 12.4. The van der Waals surface area contributed by atoms with E-state index in [0.717, 1.165) is 31.5 Å². The van der Waals surface area contributed by atoms with Gasteiger partial charge in [0.1, 0.15) is 0 Å². The standard InChI is InChI=1S/C14H19N3O2/c1-14(2)8-10(5-7-19-14)9-17-11-4-3-6-15-12(11)16-13(17)18/h3-4,6,10H,5,7-9H2,1-2H3,(H,15,16,18). The maximum Gasteiger partial charge on any atom is 0.327 e. The Morgan fingerprint density at radius 2 is 2.42 bits per heavy atom. The smallest absolute Gasteiger partial charge is 0.327 e. The van der Waals surface area contributed by atoms with E-state index in [-0.39, 0.29) is 11.3 Å². The van der Waals surface area contributed by atoms with Gasteiger partial charge in [-0.05, 0) is 44.7 Å². The number of aromatic nitrogens is 3. The summed E-state index contributed by atoms with van der Waals surface area (Å²) in [5.74, 6) is 0.473. The van der Waals surface area contributed by atoms with Gasteiger partial charge in [-0.3, -0.25) is 9.55 Å². The fourth-order valence-corrected chi connectivity index (χ4v) is 2.94. The summed E-state index contributed by atoms with van der Waals surface area (Å²) in [5, 5.41) is 0. The Morgan fingerprint density at radius 3 is 3.21 bits per heavy atom. The van der Waals surface area contributed by atoms with Crippen LogP contribution < -0.4 is 5.69 Å². The van der Waals surface area contributed by atoms with Crippen LogP contribution in [0.5, 0.6) is 0 Å². The average Bonchev–Trinajstić information content (AvgIpc) is 2.65. The van der Waals surface area contributed by atoms with Gasteiger partial charge in [0.25, 0.3) is 0 Å². The van der Waals surface area contributed by atoms with Gasteiger partial charge in [-0.1, -0.05) is 0 Å². The van der Waals surface area contributed by atoms with E-state index in [1.54, 1.807) is 10.8 Å². The third-order valence-corrected chi connectivity index (χ3v) is 3.79. The normalized spacial score (nSPS) is 22.7. The lowest BCUT2D eigenvalue weighted by atomic mass is 9.88. The van der Waals surface area contributed by atoms with Gasteiger partial charge in [-0.25, -0.2) is 9.78 Å². The molecule has 1 fully saturated rings. The molecule has 5 heteroatoms. The van der Waals surface area contributed by atoms with Crippen LogP contribution in [0.15, 0.2) is 23.1 Å². The van der Waals surface area contributed by atoms with Gasteiger partial charge in [0.2, 0.25) is 0 Å². The van der Waals surface area contributed by atoms with E-state index in [1.165, 1.54) is 0 Å². The maximum absolute atomic E-state index is 12.0. The van der Waals surface area contributed by atoms with Crippen molar-refractivity contribution in [2.45, 2.75) is 38.8 Å². The second-order valence-electron chi connectivity index (χ2n) is 5.88. The first-order valence-corrected chi connectivity index (χ1v) is 6.73. The number of nitrogens with one attached hydrogen (secondary N) is 1. The van der Waals surface area contributed by atoms with Crippen molar-refractivity contribution in [3.05, 3.63) is 28.8 Å². The molecule has 1 unspecified atom stereocenters. The predicted molar refractivity (Wildman–Crippen MR) is 73.1 cm³/mol. The van der Waals surface area contributed by atoms with Crippen LogP contribution in [-0.4, -0.2) is 26.7 Å². The van der Waals surface area contributed by atoms with Gasteiger partial charge in [0.05, 0.1) is 11.1 Å². The summed E-state index contributed by atoms with van der Waals surface area (Å²) in [6.45, 7) is 5.72. The molecular weight excluding hydrogens is 242 g/mol. The molecular formula is C14H19N3O2. The molecule has 0 bridgehead atoms. The van der Waals surface area contributed by atoms with E-state index in [9.17, 15) is 4.79 Å². The van der Waals surface area contributed by atoms with Crippen LogP contribution in [0, 0.1) is 5.92 Å². The second-order valence-corrected chi connectivity index (χ2v) is 5.88. The minimum absolute atomic E-state index is 0.0713. The van der Waals surface area contributed by atoms with E-state index in [1.807, 2.05) is 12.1 Å². The SMILES string of the molecule is CC1(C)CC(Cn2c(=O)[nH]c3ncccc32)CCO1. The van der Waals surface area contributed by atoms with Crippen molar-refractivity contribution < 1.29 is 4.74 Å². The Hall–Kier alpha value is -1.62. The monoisotopic (exact) mass is 261 g/mol. The summed E-state index contributed by atoms with van der Waals surface area (Å²) in [6, 6.07) is 3.80. The molecule has 5 nitrogen and oxygen atoms in total. The van der Waals surface area contributed by atoms with Crippen molar-refractivity contribution in [2.75, 3.05) is 6.61 Å². The van der Waals surface area contributed by atoms with Crippen LogP contribution in [0.1, 0.15) is 26.7 Å². The molecule has 0 aromatic carbocycles. The molecule has 19 heavy (non-hydrogen) atoms. The molecule has 1 saturated heterocycles. The Kier molecular flexibility index (Phi) is 2.93. The highest BCUT2D eigenvalue weighted by atomic mass is 16.5. The van der Waals surface area contributed by atoms with Crippen molar-refractivity contribution in [3.8, 4) is 0 Å². The number of hydrogen-bond acceptors (Lipinski definition) is 3. The number of aromatic amines is 1. The van der Waals surface area contributed by atoms with Gasteiger partial charge >= 0.3 is 5.69 Å². The molecule has 2 aromatic heterocycles. The third-order valence-electron chi connectivity index (χ3n) is 3.79. The molecule has 1 aliphatic heterocycles. The van der Waals surface area contributed by atoms with E-state index in [4.69, 9.17) is 4.74 Å². The topological polar surface area (TPSA) is 59.9 Å².